The molecule has 0 unspecified atom stereocenters. The molecule has 3 heterocycles. The van der Waals surface area contributed by atoms with Crippen LogP contribution in [0, 0.1) is 5.92 Å². The highest BCUT2D eigenvalue weighted by molar-refractivity contribution is 5.48. The monoisotopic (exact) mass is 328 g/mol. The highest BCUT2D eigenvalue weighted by Gasteiger charge is 2.31. The zero-order valence-corrected chi connectivity index (χ0v) is 15.1. The summed E-state index contributed by atoms with van der Waals surface area (Å²) in [4.78, 5) is 10.5. The topological polar surface area (TPSA) is 13.0 Å². The minimum Gasteiger partial charge on any atom is -0.371 e. The van der Waals surface area contributed by atoms with Crippen LogP contribution in [0.15, 0.2) is 30.3 Å². The maximum atomic E-state index is 2.76. The van der Waals surface area contributed by atoms with E-state index in [1.807, 2.05) is 0 Å². The fourth-order valence-corrected chi connectivity index (χ4v) is 4.57. The van der Waals surface area contributed by atoms with Crippen molar-refractivity contribution in [3.05, 3.63) is 30.3 Å². The second-order valence-corrected chi connectivity index (χ2v) is 7.98. The zero-order chi connectivity index (χ0) is 16.4. The fourth-order valence-electron chi connectivity index (χ4n) is 4.57. The molecule has 1 aromatic rings. The van der Waals surface area contributed by atoms with E-state index in [4.69, 9.17) is 0 Å². The molecule has 3 aliphatic rings. The zero-order valence-electron chi connectivity index (χ0n) is 15.1. The van der Waals surface area contributed by atoms with E-state index in [2.05, 4.69) is 57.0 Å². The van der Waals surface area contributed by atoms with Crippen LogP contribution in [-0.4, -0.2) is 86.7 Å². The molecule has 0 radical (unpaired) electrons. The highest BCUT2D eigenvalue weighted by Crippen LogP contribution is 2.25. The lowest BCUT2D eigenvalue weighted by atomic mass is 9.97. The molecule has 0 bridgehead atoms. The van der Waals surface area contributed by atoms with Crippen molar-refractivity contribution in [2.45, 2.75) is 18.9 Å². The molecule has 4 heteroatoms. The Bertz CT molecular complexity index is 498. The molecule has 4 nitrogen and oxygen atoms in total. The van der Waals surface area contributed by atoms with Gasteiger partial charge in [-0.1, -0.05) is 18.2 Å². The van der Waals surface area contributed by atoms with E-state index in [1.165, 1.54) is 77.4 Å². The van der Waals surface area contributed by atoms with Crippen molar-refractivity contribution in [2.75, 3.05) is 70.9 Å². The molecule has 0 spiro atoms. The number of para-hydroxylation sites is 1. The summed E-state index contributed by atoms with van der Waals surface area (Å²) in [7, 11) is 2.26. The van der Waals surface area contributed by atoms with Crippen LogP contribution in [0.25, 0.3) is 0 Å². The van der Waals surface area contributed by atoms with Gasteiger partial charge in [0.15, 0.2) is 0 Å². The van der Waals surface area contributed by atoms with Gasteiger partial charge in [0.05, 0.1) is 0 Å². The van der Waals surface area contributed by atoms with Gasteiger partial charge in [0.25, 0.3) is 0 Å². The lowest BCUT2D eigenvalue weighted by Crippen LogP contribution is -2.56. The number of piperidine rings is 1. The van der Waals surface area contributed by atoms with E-state index in [0.717, 1.165) is 12.0 Å². The van der Waals surface area contributed by atoms with Crippen molar-refractivity contribution >= 4 is 5.69 Å². The van der Waals surface area contributed by atoms with E-state index < -0.39 is 0 Å². The van der Waals surface area contributed by atoms with Gasteiger partial charge in [-0.2, -0.15) is 0 Å². The molecule has 3 aliphatic heterocycles. The SMILES string of the molecule is CN1CCC(N2CCN(CC3CN(c4ccccc4)C3)CC2)CC1. The van der Waals surface area contributed by atoms with Crippen molar-refractivity contribution in [1.29, 1.82) is 0 Å². The fraction of sp³-hybridized carbons (Fsp3) is 0.700. The quantitative estimate of drug-likeness (QED) is 0.836. The smallest absolute Gasteiger partial charge is 0.0366 e. The summed E-state index contributed by atoms with van der Waals surface area (Å²) in [6.45, 7) is 11.4. The number of anilines is 1. The summed E-state index contributed by atoms with van der Waals surface area (Å²) in [5.74, 6) is 0.861. The number of hydrogen-bond acceptors (Lipinski definition) is 4. The van der Waals surface area contributed by atoms with Gasteiger partial charge in [-0.25, -0.2) is 0 Å². The molecule has 0 amide bonds. The average Bonchev–Trinajstić information content (AvgIpc) is 2.60. The Balaban J connectivity index is 1.17. The number of likely N-dealkylation sites (tertiary alicyclic amines) is 1. The molecule has 0 saturated carbocycles. The minimum absolute atomic E-state index is 0.848. The molecule has 3 fully saturated rings. The maximum absolute atomic E-state index is 2.76. The van der Waals surface area contributed by atoms with Gasteiger partial charge in [-0.15, -0.1) is 0 Å². The summed E-state index contributed by atoms with van der Waals surface area (Å²) in [5, 5.41) is 0. The van der Waals surface area contributed by atoms with Crippen LogP contribution in [-0.2, 0) is 0 Å². The first kappa shape index (κ1) is 16.4. The van der Waals surface area contributed by atoms with Crippen LogP contribution >= 0.6 is 0 Å². The third-order valence-corrected chi connectivity index (χ3v) is 6.21. The predicted molar refractivity (Wildman–Crippen MR) is 101 cm³/mol. The van der Waals surface area contributed by atoms with Gasteiger partial charge in [0.2, 0.25) is 0 Å². The van der Waals surface area contributed by atoms with Crippen LogP contribution in [0.3, 0.4) is 0 Å². The molecular formula is C20H32N4. The molecule has 0 aliphatic carbocycles. The molecule has 3 saturated heterocycles. The molecule has 0 N–H and O–H groups in total. The van der Waals surface area contributed by atoms with Crippen molar-refractivity contribution in [3.8, 4) is 0 Å². The standard InChI is InChI=1S/C20H32N4/c1-21-9-7-20(8-10-21)23-13-11-22(12-14-23)15-18-16-24(17-18)19-5-3-2-4-6-19/h2-6,18,20H,7-17H2,1H3. The normalized spacial score (nSPS) is 25.8. The van der Waals surface area contributed by atoms with Crippen LogP contribution in [0.2, 0.25) is 0 Å². The van der Waals surface area contributed by atoms with Crippen molar-refractivity contribution in [2.24, 2.45) is 5.92 Å². The number of piperazine rings is 1. The number of nitrogens with zero attached hydrogens (tertiary/aromatic N) is 4. The first-order chi connectivity index (χ1) is 11.8. The summed E-state index contributed by atoms with van der Waals surface area (Å²) in [6, 6.07) is 11.7. The van der Waals surface area contributed by atoms with Crippen LogP contribution < -0.4 is 4.90 Å². The van der Waals surface area contributed by atoms with Crippen LogP contribution in [0.1, 0.15) is 12.8 Å². The Labute approximate surface area is 147 Å². The summed E-state index contributed by atoms with van der Waals surface area (Å²) >= 11 is 0. The Hall–Kier alpha value is -1.10. The number of rotatable bonds is 4. The lowest BCUT2D eigenvalue weighted by molar-refractivity contribution is 0.0563. The molecule has 1 aromatic carbocycles. The second kappa shape index (κ2) is 7.42. The van der Waals surface area contributed by atoms with Crippen LogP contribution in [0.4, 0.5) is 5.69 Å². The van der Waals surface area contributed by atoms with Gasteiger partial charge in [-0.05, 0) is 45.1 Å². The van der Waals surface area contributed by atoms with Gasteiger partial charge in [0.1, 0.15) is 0 Å². The predicted octanol–water partition coefficient (Wildman–Crippen LogP) is 1.83. The van der Waals surface area contributed by atoms with Gasteiger partial charge < -0.3 is 14.7 Å². The molecule has 0 atom stereocenters. The third kappa shape index (κ3) is 3.76. The molecule has 132 valence electrons. The summed E-state index contributed by atoms with van der Waals surface area (Å²) < 4.78 is 0. The third-order valence-electron chi connectivity index (χ3n) is 6.21. The number of benzene rings is 1. The van der Waals surface area contributed by atoms with Crippen molar-refractivity contribution in [1.82, 2.24) is 14.7 Å². The lowest BCUT2D eigenvalue weighted by Gasteiger charge is -2.46. The first-order valence-corrected chi connectivity index (χ1v) is 9.73. The van der Waals surface area contributed by atoms with E-state index in [-0.39, 0.29) is 0 Å². The van der Waals surface area contributed by atoms with Gasteiger partial charge in [0, 0.05) is 63.5 Å². The maximum Gasteiger partial charge on any atom is 0.0366 e. The molecule has 0 aromatic heterocycles. The van der Waals surface area contributed by atoms with E-state index in [9.17, 15) is 0 Å². The van der Waals surface area contributed by atoms with Gasteiger partial charge in [-0.3, -0.25) is 4.90 Å². The molecule has 4 rings (SSSR count). The van der Waals surface area contributed by atoms with E-state index in [0.29, 0.717) is 0 Å². The Kier molecular flexibility index (Phi) is 5.06. The van der Waals surface area contributed by atoms with Gasteiger partial charge >= 0.3 is 0 Å². The minimum atomic E-state index is 0.848. The molecular weight excluding hydrogens is 296 g/mol. The largest absolute Gasteiger partial charge is 0.371 e. The second-order valence-electron chi connectivity index (χ2n) is 7.98. The van der Waals surface area contributed by atoms with Crippen molar-refractivity contribution in [3.63, 3.8) is 0 Å². The average molecular weight is 329 g/mol. The van der Waals surface area contributed by atoms with Crippen molar-refractivity contribution < 1.29 is 0 Å². The first-order valence-electron chi connectivity index (χ1n) is 9.73. The Morgan fingerprint density at radius 2 is 1.54 bits per heavy atom. The Morgan fingerprint density at radius 1 is 0.875 bits per heavy atom. The van der Waals surface area contributed by atoms with Crippen LogP contribution in [0.5, 0.6) is 0 Å². The summed E-state index contributed by atoms with van der Waals surface area (Å²) in [6.07, 6.45) is 2.73. The molecule has 24 heavy (non-hydrogen) atoms. The van der Waals surface area contributed by atoms with E-state index >= 15 is 0 Å². The highest BCUT2D eigenvalue weighted by atomic mass is 15.3. The Morgan fingerprint density at radius 3 is 2.21 bits per heavy atom. The summed E-state index contributed by atoms with van der Waals surface area (Å²) in [5.41, 5.74) is 1.39. The van der Waals surface area contributed by atoms with E-state index in [1.54, 1.807) is 0 Å². The number of hydrogen-bond donors (Lipinski definition) is 0.